The Morgan fingerprint density at radius 3 is 2.75 bits per heavy atom. The summed E-state index contributed by atoms with van der Waals surface area (Å²) >= 11 is 7.44. The molecule has 0 saturated heterocycles. The first-order chi connectivity index (χ1) is 7.63. The summed E-state index contributed by atoms with van der Waals surface area (Å²) in [6, 6.07) is 5.71. The summed E-state index contributed by atoms with van der Waals surface area (Å²) in [4.78, 5) is 25.2. The summed E-state index contributed by atoms with van der Waals surface area (Å²) < 4.78 is 0.893. The molecule has 0 unspecified atom stereocenters. The maximum Gasteiger partial charge on any atom is 0.293 e. The number of aromatic amines is 1. The van der Waals surface area contributed by atoms with E-state index in [0.29, 0.717) is 5.56 Å². The number of carbonyl (C=O) groups is 2. The molecule has 0 amide bonds. The predicted molar refractivity (Wildman–Crippen MR) is 71.2 cm³/mol. The highest BCUT2D eigenvalue weighted by Gasteiger charge is 2.17. The molecule has 1 aromatic carbocycles. The van der Waals surface area contributed by atoms with E-state index in [9.17, 15) is 9.59 Å². The molecule has 1 heterocycles. The van der Waals surface area contributed by atoms with Crippen LogP contribution in [0.4, 0.5) is 0 Å². The Morgan fingerprint density at radius 2 is 2.12 bits per heavy atom. The monoisotopic (exact) mass is 347 g/mol. The Balaban J connectivity index is 2.58. The number of aromatic nitrogens is 1. The third-order valence-electron chi connectivity index (χ3n) is 2.32. The van der Waals surface area contributed by atoms with Crippen LogP contribution in [0.3, 0.4) is 0 Å². The van der Waals surface area contributed by atoms with Crippen molar-refractivity contribution in [3.05, 3.63) is 35.5 Å². The number of benzene rings is 1. The van der Waals surface area contributed by atoms with Crippen molar-refractivity contribution in [2.45, 2.75) is 4.43 Å². The molecule has 2 aromatic rings. The smallest absolute Gasteiger partial charge is 0.293 e. The summed E-state index contributed by atoms with van der Waals surface area (Å²) in [6.45, 7) is 0. The fourth-order valence-electron chi connectivity index (χ4n) is 1.55. The average molecular weight is 348 g/mol. The molecular weight excluding hydrogens is 340 g/mol. The number of rotatable bonds is 3. The number of carbonyl (C=O) groups excluding carboxylic acids is 2. The van der Waals surface area contributed by atoms with E-state index in [1.54, 1.807) is 0 Å². The third-order valence-corrected chi connectivity index (χ3v) is 3.38. The highest BCUT2D eigenvalue weighted by molar-refractivity contribution is 14.1. The van der Waals surface area contributed by atoms with E-state index in [4.69, 9.17) is 11.6 Å². The summed E-state index contributed by atoms with van der Waals surface area (Å²) in [7, 11) is 0. The Hall–Kier alpha value is -0.880. The van der Waals surface area contributed by atoms with E-state index in [2.05, 4.69) is 27.6 Å². The second-order valence-corrected chi connectivity index (χ2v) is 4.42. The summed E-state index contributed by atoms with van der Waals surface area (Å²) in [5, 5.41) is -0.230. The number of hydrogen-bond acceptors (Lipinski definition) is 2. The van der Waals surface area contributed by atoms with Crippen molar-refractivity contribution in [2.24, 2.45) is 0 Å². The van der Waals surface area contributed by atoms with E-state index in [1.165, 1.54) is 6.20 Å². The second kappa shape index (κ2) is 4.55. The van der Waals surface area contributed by atoms with Crippen LogP contribution in [0.1, 0.15) is 15.9 Å². The fraction of sp³-hybridized carbons (Fsp3) is 0.0909. The van der Waals surface area contributed by atoms with Crippen LogP contribution in [0.2, 0.25) is 0 Å². The Labute approximate surface area is 110 Å². The topological polar surface area (TPSA) is 49.9 Å². The third kappa shape index (κ3) is 1.99. The van der Waals surface area contributed by atoms with Crippen molar-refractivity contribution in [1.82, 2.24) is 4.98 Å². The lowest BCUT2D eigenvalue weighted by molar-refractivity contribution is -0.108. The molecule has 3 nitrogen and oxygen atoms in total. The molecule has 0 aliphatic rings. The van der Waals surface area contributed by atoms with Gasteiger partial charge >= 0.3 is 0 Å². The molecule has 1 N–H and O–H groups in total. The molecule has 0 aliphatic carbocycles. The van der Waals surface area contributed by atoms with Gasteiger partial charge in [0.2, 0.25) is 5.78 Å². The maximum absolute atomic E-state index is 11.5. The van der Waals surface area contributed by atoms with Crippen molar-refractivity contribution in [3.8, 4) is 0 Å². The van der Waals surface area contributed by atoms with Gasteiger partial charge in [0, 0.05) is 21.5 Å². The second-order valence-electron chi connectivity index (χ2n) is 3.32. The van der Waals surface area contributed by atoms with Crippen LogP contribution in [0.25, 0.3) is 10.9 Å². The Morgan fingerprint density at radius 1 is 1.38 bits per heavy atom. The van der Waals surface area contributed by atoms with Crippen LogP contribution < -0.4 is 0 Å². The first kappa shape index (κ1) is 11.6. The van der Waals surface area contributed by atoms with E-state index in [1.807, 2.05) is 18.2 Å². The molecule has 0 bridgehead atoms. The lowest BCUT2D eigenvalue weighted by atomic mass is 10.1. The molecule has 0 radical (unpaired) electrons. The molecule has 0 fully saturated rings. The SMILES string of the molecule is O=C(Cl)C(=O)c1c[nH]c2cc(CI)ccc12. The number of ketones is 1. The molecular formula is C11H7ClINO2. The van der Waals surface area contributed by atoms with Crippen LogP contribution in [-0.2, 0) is 9.22 Å². The molecule has 0 spiro atoms. The molecule has 16 heavy (non-hydrogen) atoms. The van der Waals surface area contributed by atoms with Gasteiger partial charge in [-0.25, -0.2) is 0 Å². The van der Waals surface area contributed by atoms with Gasteiger partial charge in [0.15, 0.2) is 0 Å². The minimum Gasteiger partial charge on any atom is -0.360 e. The van der Waals surface area contributed by atoms with Gasteiger partial charge in [0.05, 0.1) is 5.56 Å². The Kier molecular flexibility index (Phi) is 3.30. The number of nitrogens with one attached hydrogen (secondary N) is 1. The number of halogens is 2. The number of fused-ring (bicyclic) bond motifs is 1. The van der Waals surface area contributed by atoms with Gasteiger partial charge in [0.1, 0.15) is 0 Å². The minimum atomic E-state index is -0.959. The molecule has 0 aliphatic heterocycles. The van der Waals surface area contributed by atoms with Crippen LogP contribution in [-0.4, -0.2) is 16.0 Å². The molecule has 0 saturated carbocycles. The van der Waals surface area contributed by atoms with E-state index >= 15 is 0 Å². The quantitative estimate of drug-likeness (QED) is 0.305. The molecule has 1 aromatic heterocycles. The van der Waals surface area contributed by atoms with Gasteiger partial charge in [0.25, 0.3) is 5.24 Å². The highest BCUT2D eigenvalue weighted by atomic mass is 127. The van der Waals surface area contributed by atoms with Crippen LogP contribution in [0.5, 0.6) is 0 Å². The highest BCUT2D eigenvalue weighted by Crippen LogP contribution is 2.21. The van der Waals surface area contributed by atoms with Crippen LogP contribution >= 0.6 is 34.2 Å². The van der Waals surface area contributed by atoms with Crippen molar-refractivity contribution in [1.29, 1.82) is 0 Å². The van der Waals surface area contributed by atoms with Gasteiger partial charge in [-0.15, -0.1) is 0 Å². The number of Topliss-reactive ketones (excluding diaryl/α,β-unsaturated/α-hetero) is 1. The average Bonchev–Trinajstić information content (AvgIpc) is 2.70. The van der Waals surface area contributed by atoms with Gasteiger partial charge in [-0.05, 0) is 23.2 Å². The zero-order valence-corrected chi connectivity index (χ0v) is 11.0. The van der Waals surface area contributed by atoms with Crippen molar-refractivity contribution in [3.63, 3.8) is 0 Å². The van der Waals surface area contributed by atoms with E-state index < -0.39 is 11.0 Å². The first-order valence-corrected chi connectivity index (χ1v) is 6.44. The maximum atomic E-state index is 11.5. The van der Waals surface area contributed by atoms with Gasteiger partial charge in [-0.3, -0.25) is 9.59 Å². The normalized spacial score (nSPS) is 10.6. The molecule has 82 valence electrons. The lowest BCUT2D eigenvalue weighted by Gasteiger charge is -1.97. The predicted octanol–water partition coefficient (Wildman–Crippen LogP) is 3.05. The van der Waals surface area contributed by atoms with E-state index in [-0.39, 0.29) is 0 Å². The standard InChI is InChI=1S/C11H7ClINO2/c12-11(16)10(15)8-5-14-9-3-6(4-13)1-2-7(8)9/h1-3,5,14H,4H2. The number of alkyl halides is 1. The van der Waals surface area contributed by atoms with Crippen LogP contribution in [0, 0.1) is 0 Å². The largest absolute Gasteiger partial charge is 0.360 e. The van der Waals surface area contributed by atoms with Crippen molar-refractivity contribution >= 4 is 56.1 Å². The lowest BCUT2D eigenvalue weighted by Crippen LogP contribution is -2.06. The van der Waals surface area contributed by atoms with Gasteiger partial charge in [-0.1, -0.05) is 34.7 Å². The molecule has 2 rings (SSSR count). The summed E-state index contributed by atoms with van der Waals surface area (Å²) in [5.41, 5.74) is 2.33. The van der Waals surface area contributed by atoms with Crippen molar-refractivity contribution < 1.29 is 9.59 Å². The zero-order chi connectivity index (χ0) is 11.7. The number of H-pyrrole nitrogens is 1. The first-order valence-electron chi connectivity index (χ1n) is 4.53. The fourth-order valence-corrected chi connectivity index (χ4v) is 2.13. The Bertz CT molecular complexity index is 576. The summed E-state index contributed by atoms with van der Waals surface area (Å²) in [6.07, 6.45) is 1.52. The van der Waals surface area contributed by atoms with Crippen molar-refractivity contribution in [2.75, 3.05) is 0 Å². The summed E-state index contributed by atoms with van der Waals surface area (Å²) in [5.74, 6) is -0.671. The van der Waals surface area contributed by atoms with E-state index in [0.717, 1.165) is 20.9 Å². The van der Waals surface area contributed by atoms with Gasteiger partial charge in [-0.2, -0.15) is 0 Å². The van der Waals surface area contributed by atoms with Gasteiger partial charge < -0.3 is 4.98 Å². The minimum absolute atomic E-state index is 0.329. The zero-order valence-electron chi connectivity index (χ0n) is 8.09. The molecule has 5 heteroatoms. The molecule has 0 atom stereocenters. The van der Waals surface area contributed by atoms with Crippen LogP contribution in [0.15, 0.2) is 24.4 Å². The number of hydrogen-bond donors (Lipinski definition) is 1.